The Kier molecular flexibility index (Phi) is 6.06. The Morgan fingerprint density at radius 1 is 1.23 bits per heavy atom. The predicted molar refractivity (Wildman–Crippen MR) is 119 cm³/mol. The number of carbonyl (C=O) groups is 1. The van der Waals surface area contributed by atoms with Crippen molar-refractivity contribution in [2.24, 2.45) is 0 Å². The van der Waals surface area contributed by atoms with Gasteiger partial charge in [-0.05, 0) is 31.9 Å². The van der Waals surface area contributed by atoms with Crippen molar-refractivity contribution in [1.82, 2.24) is 14.9 Å². The van der Waals surface area contributed by atoms with Crippen LogP contribution in [-0.4, -0.2) is 52.7 Å². The van der Waals surface area contributed by atoms with Crippen molar-refractivity contribution in [3.05, 3.63) is 51.6 Å². The van der Waals surface area contributed by atoms with Crippen molar-refractivity contribution in [1.29, 1.82) is 5.41 Å². The summed E-state index contributed by atoms with van der Waals surface area (Å²) in [4.78, 5) is 34.9. The van der Waals surface area contributed by atoms with Crippen molar-refractivity contribution >= 4 is 17.4 Å². The number of aromatic nitrogens is 2. The fourth-order valence-electron chi connectivity index (χ4n) is 4.39. The van der Waals surface area contributed by atoms with Crippen LogP contribution in [0.1, 0.15) is 66.7 Å². The zero-order valence-electron chi connectivity index (χ0n) is 18.0. The number of nitrogens with zero attached hydrogens (tertiary/aromatic N) is 2. The molecule has 31 heavy (non-hydrogen) atoms. The number of methoxy groups -OCH3 is 1. The molecule has 3 N–H and O–H groups in total. The maximum Gasteiger partial charge on any atom is 0.262 e. The van der Waals surface area contributed by atoms with E-state index in [1.54, 1.807) is 31.1 Å². The molecule has 8 heteroatoms. The second kappa shape index (κ2) is 8.91. The summed E-state index contributed by atoms with van der Waals surface area (Å²) in [6.45, 7) is 2.56. The van der Waals surface area contributed by atoms with Gasteiger partial charge in [-0.15, -0.1) is 0 Å². The molecule has 0 bridgehead atoms. The fourth-order valence-corrected chi connectivity index (χ4v) is 4.39. The lowest BCUT2D eigenvalue weighted by atomic mass is 9.95. The summed E-state index contributed by atoms with van der Waals surface area (Å²) in [5.74, 6) is 1.47. The molecule has 1 saturated carbocycles. The molecule has 164 valence electrons. The molecular weight excluding hydrogens is 394 g/mol. The van der Waals surface area contributed by atoms with Crippen LogP contribution in [0.4, 0.5) is 5.82 Å². The van der Waals surface area contributed by atoms with Gasteiger partial charge in [0.2, 0.25) is 0 Å². The third kappa shape index (κ3) is 4.33. The van der Waals surface area contributed by atoms with Crippen LogP contribution in [0.25, 0.3) is 0 Å². The minimum Gasteiger partial charge on any atom is -0.496 e. The van der Waals surface area contributed by atoms with E-state index in [1.165, 1.54) is 6.42 Å². The summed E-state index contributed by atoms with van der Waals surface area (Å²) >= 11 is 0. The van der Waals surface area contributed by atoms with E-state index in [-0.39, 0.29) is 29.1 Å². The Morgan fingerprint density at radius 3 is 2.61 bits per heavy atom. The second-order valence-corrected chi connectivity index (χ2v) is 8.39. The minimum absolute atomic E-state index is 0.0432. The molecule has 0 spiro atoms. The van der Waals surface area contributed by atoms with Crippen LogP contribution >= 0.6 is 0 Å². The summed E-state index contributed by atoms with van der Waals surface area (Å²) in [6, 6.07) is 7.44. The van der Waals surface area contributed by atoms with E-state index in [2.05, 4.69) is 10.3 Å². The molecule has 1 aromatic carbocycles. The average Bonchev–Trinajstić information content (AvgIpc) is 2.72. The van der Waals surface area contributed by atoms with Crippen molar-refractivity contribution in [2.75, 3.05) is 25.5 Å². The van der Waals surface area contributed by atoms with Crippen LogP contribution in [0, 0.1) is 5.41 Å². The molecule has 1 amide bonds. The SMILES string of the molecule is COc1ccccc1C(=O)N1CC(c2nc(NC3CCCCC3)c(C(C)=N)c(=O)[nH]2)C1. The fraction of sp³-hybridized carbons (Fsp3) is 0.478. The van der Waals surface area contributed by atoms with Crippen LogP contribution in [0.15, 0.2) is 29.1 Å². The van der Waals surface area contributed by atoms with Gasteiger partial charge in [0, 0.05) is 24.8 Å². The van der Waals surface area contributed by atoms with Crippen LogP contribution in [-0.2, 0) is 0 Å². The molecule has 4 rings (SSSR count). The van der Waals surface area contributed by atoms with Crippen LogP contribution in [0.3, 0.4) is 0 Å². The lowest BCUT2D eigenvalue weighted by Gasteiger charge is -2.39. The van der Waals surface area contributed by atoms with Gasteiger partial charge in [0.25, 0.3) is 11.5 Å². The number of hydrogen-bond acceptors (Lipinski definition) is 6. The number of nitrogens with one attached hydrogen (secondary N) is 3. The zero-order chi connectivity index (χ0) is 22.0. The lowest BCUT2D eigenvalue weighted by molar-refractivity contribution is 0.0591. The first kappa shape index (κ1) is 21.1. The Morgan fingerprint density at radius 2 is 1.94 bits per heavy atom. The molecule has 1 aliphatic carbocycles. The lowest BCUT2D eigenvalue weighted by Crippen LogP contribution is -2.49. The maximum absolute atomic E-state index is 12.8. The molecule has 0 unspecified atom stereocenters. The summed E-state index contributed by atoms with van der Waals surface area (Å²) in [5, 5.41) is 11.4. The quantitative estimate of drug-likeness (QED) is 0.618. The van der Waals surface area contributed by atoms with Crippen LogP contribution < -0.4 is 15.6 Å². The van der Waals surface area contributed by atoms with E-state index in [0.29, 0.717) is 41.6 Å². The number of hydrogen-bond donors (Lipinski definition) is 3. The molecule has 0 radical (unpaired) electrons. The largest absolute Gasteiger partial charge is 0.496 e. The number of amides is 1. The van der Waals surface area contributed by atoms with Crippen molar-refractivity contribution in [2.45, 2.75) is 51.0 Å². The van der Waals surface area contributed by atoms with E-state index in [1.807, 2.05) is 12.1 Å². The topological polar surface area (TPSA) is 111 Å². The molecule has 2 heterocycles. The van der Waals surface area contributed by atoms with Gasteiger partial charge in [0.15, 0.2) is 0 Å². The number of ether oxygens (including phenoxy) is 1. The number of carbonyl (C=O) groups excluding carboxylic acids is 1. The third-order valence-electron chi connectivity index (χ3n) is 6.15. The number of rotatable bonds is 6. The van der Waals surface area contributed by atoms with Gasteiger partial charge < -0.3 is 25.3 Å². The smallest absolute Gasteiger partial charge is 0.262 e. The monoisotopic (exact) mass is 423 g/mol. The highest BCUT2D eigenvalue weighted by molar-refractivity contribution is 6.00. The Bertz CT molecular complexity index is 1040. The molecule has 0 atom stereocenters. The van der Waals surface area contributed by atoms with Gasteiger partial charge in [0.05, 0.1) is 18.6 Å². The van der Waals surface area contributed by atoms with E-state index in [9.17, 15) is 9.59 Å². The van der Waals surface area contributed by atoms with Gasteiger partial charge in [0.1, 0.15) is 23.0 Å². The van der Waals surface area contributed by atoms with Crippen LogP contribution in [0.2, 0.25) is 0 Å². The highest BCUT2D eigenvalue weighted by Gasteiger charge is 2.35. The van der Waals surface area contributed by atoms with E-state index < -0.39 is 0 Å². The summed E-state index contributed by atoms with van der Waals surface area (Å²) < 4.78 is 5.30. The molecule has 1 aliphatic heterocycles. The third-order valence-corrected chi connectivity index (χ3v) is 6.15. The average molecular weight is 424 g/mol. The van der Waals surface area contributed by atoms with Gasteiger partial charge in [-0.1, -0.05) is 31.4 Å². The van der Waals surface area contributed by atoms with E-state index >= 15 is 0 Å². The number of anilines is 1. The Hall–Kier alpha value is -3.16. The van der Waals surface area contributed by atoms with Crippen molar-refractivity contribution in [3.63, 3.8) is 0 Å². The zero-order valence-corrected chi connectivity index (χ0v) is 18.0. The summed E-state index contributed by atoms with van der Waals surface area (Å²) in [6.07, 6.45) is 5.65. The Labute approximate surface area is 181 Å². The standard InChI is InChI=1S/C23H29N5O3/c1-14(24)19-21(25-16-8-4-3-5-9-16)26-20(27-22(19)29)15-12-28(13-15)23(30)17-10-6-7-11-18(17)31-2/h6-7,10-11,15-16,24H,3-5,8-9,12-13H2,1-2H3,(H2,25,26,27,29). The minimum atomic E-state index is -0.301. The predicted octanol–water partition coefficient (Wildman–Crippen LogP) is 3.15. The van der Waals surface area contributed by atoms with E-state index in [0.717, 1.165) is 25.7 Å². The first-order valence-electron chi connectivity index (χ1n) is 10.9. The van der Waals surface area contributed by atoms with Gasteiger partial charge in [-0.3, -0.25) is 9.59 Å². The van der Waals surface area contributed by atoms with Gasteiger partial charge in [-0.2, -0.15) is 0 Å². The molecule has 1 aromatic heterocycles. The van der Waals surface area contributed by atoms with Crippen LogP contribution in [0.5, 0.6) is 5.75 Å². The van der Waals surface area contributed by atoms with Crippen molar-refractivity contribution in [3.8, 4) is 5.75 Å². The molecule has 2 aliphatic rings. The van der Waals surface area contributed by atoms with Gasteiger partial charge in [-0.25, -0.2) is 4.98 Å². The molecule has 8 nitrogen and oxygen atoms in total. The normalized spacial score (nSPS) is 17.2. The molecule has 2 fully saturated rings. The molecular formula is C23H29N5O3. The summed E-state index contributed by atoms with van der Waals surface area (Å²) in [7, 11) is 1.55. The number of H-pyrrole nitrogens is 1. The first-order valence-corrected chi connectivity index (χ1v) is 10.9. The van der Waals surface area contributed by atoms with Crippen molar-refractivity contribution < 1.29 is 9.53 Å². The van der Waals surface area contributed by atoms with E-state index in [4.69, 9.17) is 15.1 Å². The Balaban J connectivity index is 1.52. The summed E-state index contributed by atoms with van der Waals surface area (Å²) in [5.41, 5.74) is 0.723. The number of aromatic amines is 1. The number of benzene rings is 1. The first-order chi connectivity index (χ1) is 15.0. The maximum atomic E-state index is 12.8. The second-order valence-electron chi connectivity index (χ2n) is 8.39. The highest BCUT2D eigenvalue weighted by atomic mass is 16.5. The number of likely N-dealkylation sites (tertiary alicyclic amines) is 1. The molecule has 2 aromatic rings. The molecule has 1 saturated heterocycles. The van der Waals surface area contributed by atoms with Gasteiger partial charge >= 0.3 is 0 Å². The number of para-hydroxylation sites is 1. The highest BCUT2D eigenvalue weighted by Crippen LogP contribution is 2.29.